The molecule has 0 aromatic heterocycles. The first-order valence-corrected chi connectivity index (χ1v) is 5.77. The predicted molar refractivity (Wildman–Crippen MR) is 61.1 cm³/mol. The molecule has 16 heavy (non-hydrogen) atoms. The molecule has 0 spiro atoms. The molecule has 96 valence electrons. The van der Waals surface area contributed by atoms with Crippen molar-refractivity contribution in [3.05, 3.63) is 0 Å². The Bertz CT molecular complexity index is 226. The summed E-state index contributed by atoms with van der Waals surface area (Å²) in [7, 11) is 1.47. The van der Waals surface area contributed by atoms with E-state index in [1.54, 1.807) is 6.92 Å². The van der Waals surface area contributed by atoms with Crippen molar-refractivity contribution in [3.63, 3.8) is 0 Å². The van der Waals surface area contributed by atoms with Crippen LogP contribution in [0.25, 0.3) is 0 Å². The van der Waals surface area contributed by atoms with Crippen LogP contribution in [0.15, 0.2) is 0 Å². The zero-order valence-corrected chi connectivity index (χ0v) is 10.8. The molecule has 0 saturated carbocycles. The Hall–Kier alpha value is -0.210. The van der Waals surface area contributed by atoms with Crippen molar-refractivity contribution in [1.29, 1.82) is 0 Å². The summed E-state index contributed by atoms with van der Waals surface area (Å²) in [6.45, 7) is 0.877. The smallest absolute Gasteiger partial charge is 0.235 e. The first-order valence-electron chi connectivity index (χ1n) is 4.85. The van der Waals surface area contributed by atoms with E-state index in [9.17, 15) is 15.0 Å². The Kier molecular flexibility index (Phi) is 7.09. The fourth-order valence-corrected chi connectivity index (χ4v) is 1.50. The Morgan fingerprint density at radius 3 is 2.19 bits per heavy atom. The lowest BCUT2D eigenvalue weighted by Gasteiger charge is -2.26. The van der Waals surface area contributed by atoms with Gasteiger partial charge in [-0.15, -0.1) is 0 Å². The molecule has 0 aromatic carbocycles. The average Bonchev–Trinajstić information content (AvgIpc) is 2.25. The molecule has 4 N–H and O–H groups in total. The summed E-state index contributed by atoms with van der Waals surface area (Å²) >= 11 is 3.09. The molecule has 0 heterocycles. The van der Waals surface area contributed by atoms with Crippen LogP contribution in [-0.4, -0.2) is 74.6 Å². The van der Waals surface area contributed by atoms with Crippen LogP contribution < -0.4 is 0 Å². The van der Waals surface area contributed by atoms with E-state index >= 15 is 0 Å². The number of hydrogen-bond acceptors (Lipinski definition) is 5. The van der Waals surface area contributed by atoms with Gasteiger partial charge in [0, 0.05) is 13.6 Å². The Morgan fingerprint density at radius 2 is 1.81 bits per heavy atom. The normalized spacial score (nSPS) is 18.7. The molecule has 0 rings (SSSR count). The number of hydrogen-bond donors (Lipinski definition) is 4. The number of rotatable bonds is 6. The molecule has 0 fully saturated rings. The highest BCUT2D eigenvalue weighted by Gasteiger charge is 2.27. The third-order valence-electron chi connectivity index (χ3n) is 2.15. The van der Waals surface area contributed by atoms with Crippen molar-refractivity contribution in [1.82, 2.24) is 4.90 Å². The molecule has 0 aromatic rings. The summed E-state index contributed by atoms with van der Waals surface area (Å²) in [6.07, 6.45) is -4.20. The minimum Gasteiger partial charge on any atom is -0.394 e. The fraction of sp³-hybridized carbons (Fsp3) is 0.889. The molecule has 0 bridgehead atoms. The third-order valence-corrected chi connectivity index (χ3v) is 2.54. The van der Waals surface area contributed by atoms with Crippen molar-refractivity contribution < 1.29 is 25.2 Å². The zero-order chi connectivity index (χ0) is 12.9. The van der Waals surface area contributed by atoms with Crippen molar-refractivity contribution >= 4 is 21.8 Å². The largest absolute Gasteiger partial charge is 0.394 e. The summed E-state index contributed by atoms with van der Waals surface area (Å²) in [5.74, 6) is -0.246. The Labute approximate surface area is 103 Å². The number of carbonyl (C=O) groups excluding carboxylic acids is 1. The minimum absolute atomic E-state index is 0.118. The topological polar surface area (TPSA) is 101 Å². The highest BCUT2D eigenvalue weighted by molar-refractivity contribution is 9.10. The highest BCUT2D eigenvalue weighted by atomic mass is 79.9. The number of nitrogens with zero attached hydrogens (tertiary/aromatic N) is 1. The van der Waals surface area contributed by atoms with Crippen molar-refractivity contribution in [3.8, 4) is 0 Å². The van der Waals surface area contributed by atoms with Crippen LogP contribution >= 0.6 is 15.9 Å². The van der Waals surface area contributed by atoms with Gasteiger partial charge in [-0.2, -0.15) is 0 Å². The molecule has 7 heteroatoms. The lowest BCUT2D eigenvalue weighted by molar-refractivity contribution is -0.133. The summed E-state index contributed by atoms with van der Waals surface area (Å²) in [6, 6.07) is 0. The first-order chi connectivity index (χ1) is 7.31. The summed E-state index contributed by atoms with van der Waals surface area (Å²) in [5, 5.41) is 36.5. The van der Waals surface area contributed by atoms with Crippen LogP contribution in [0, 0.1) is 0 Å². The molecule has 0 radical (unpaired) electrons. The quantitative estimate of drug-likeness (QED) is 0.438. The van der Waals surface area contributed by atoms with Crippen molar-refractivity contribution in [2.75, 3.05) is 20.2 Å². The molecule has 0 aliphatic rings. The number of aliphatic hydroxyl groups excluding tert-OH is 4. The molecular weight excluding hydrogens is 282 g/mol. The predicted octanol–water partition coefficient (Wildman–Crippen LogP) is -1.70. The van der Waals surface area contributed by atoms with Crippen LogP contribution in [0.3, 0.4) is 0 Å². The van der Waals surface area contributed by atoms with E-state index < -0.39 is 24.9 Å². The number of aliphatic hydroxyl groups is 4. The number of alkyl halides is 1. The van der Waals surface area contributed by atoms with Crippen molar-refractivity contribution in [2.45, 2.75) is 30.1 Å². The molecule has 0 aliphatic heterocycles. The van der Waals surface area contributed by atoms with Crippen LogP contribution in [0.2, 0.25) is 0 Å². The second-order valence-electron chi connectivity index (χ2n) is 3.64. The van der Waals surface area contributed by atoms with E-state index in [1.807, 2.05) is 0 Å². The minimum atomic E-state index is -1.48. The fourth-order valence-electron chi connectivity index (χ4n) is 1.15. The van der Waals surface area contributed by atoms with Crippen LogP contribution in [0.4, 0.5) is 0 Å². The zero-order valence-electron chi connectivity index (χ0n) is 9.25. The Morgan fingerprint density at radius 1 is 1.31 bits per heavy atom. The number of amides is 1. The van der Waals surface area contributed by atoms with Gasteiger partial charge in [-0.3, -0.25) is 4.79 Å². The van der Waals surface area contributed by atoms with Gasteiger partial charge in [0.1, 0.15) is 18.3 Å². The van der Waals surface area contributed by atoms with E-state index in [-0.39, 0.29) is 17.3 Å². The van der Waals surface area contributed by atoms with Gasteiger partial charge in [0.05, 0.1) is 11.4 Å². The SMILES string of the molecule is CC(Br)C(=O)N(C)CC(O)C(O)C(O)CO. The van der Waals surface area contributed by atoms with E-state index in [0.717, 1.165) is 0 Å². The van der Waals surface area contributed by atoms with Gasteiger partial charge in [0.15, 0.2) is 0 Å². The van der Waals surface area contributed by atoms with E-state index in [1.165, 1.54) is 11.9 Å². The highest BCUT2D eigenvalue weighted by Crippen LogP contribution is 2.06. The molecule has 6 nitrogen and oxygen atoms in total. The maximum atomic E-state index is 11.4. The standard InChI is InChI=1S/C9H18BrNO5/c1-5(10)9(16)11(2)3-6(13)8(15)7(14)4-12/h5-8,12-15H,3-4H2,1-2H3. The monoisotopic (exact) mass is 299 g/mol. The molecule has 0 aliphatic carbocycles. The van der Waals surface area contributed by atoms with Gasteiger partial charge in [0.25, 0.3) is 0 Å². The molecule has 4 unspecified atom stereocenters. The van der Waals surface area contributed by atoms with E-state index in [4.69, 9.17) is 10.2 Å². The maximum absolute atomic E-state index is 11.4. The first kappa shape index (κ1) is 15.8. The summed E-state index contributed by atoms with van der Waals surface area (Å²) in [4.78, 5) is 12.3. The van der Waals surface area contributed by atoms with Gasteiger partial charge in [-0.1, -0.05) is 15.9 Å². The molecular formula is C9H18BrNO5. The summed E-state index contributed by atoms with van der Waals surface area (Å²) < 4.78 is 0. The van der Waals surface area contributed by atoms with Crippen LogP contribution in [0.5, 0.6) is 0 Å². The van der Waals surface area contributed by atoms with Gasteiger partial charge in [-0.25, -0.2) is 0 Å². The third kappa shape index (κ3) is 4.75. The van der Waals surface area contributed by atoms with Gasteiger partial charge in [0.2, 0.25) is 5.91 Å². The number of likely N-dealkylation sites (N-methyl/N-ethyl adjacent to an activating group) is 1. The van der Waals surface area contributed by atoms with Gasteiger partial charge >= 0.3 is 0 Å². The summed E-state index contributed by atoms with van der Waals surface area (Å²) in [5.41, 5.74) is 0. The second kappa shape index (κ2) is 7.18. The van der Waals surface area contributed by atoms with Crippen molar-refractivity contribution in [2.24, 2.45) is 0 Å². The maximum Gasteiger partial charge on any atom is 0.235 e. The Balaban J connectivity index is 4.23. The number of carbonyl (C=O) groups is 1. The van der Waals surface area contributed by atoms with Gasteiger partial charge < -0.3 is 25.3 Å². The van der Waals surface area contributed by atoms with E-state index in [0.29, 0.717) is 0 Å². The second-order valence-corrected chi connectivity index (χ2v) is 5.02. The van der Waals surface area contributed by atoms with Gasteiger partial charge in [-0.05, 0) is 6.92 Å². The van der Waals surface area contributed by atoms with Crippen LogP contribution in [0.1, 0.15) is 6.92 Å². The van der Waals surface area contributed by atoms with E-state index in [2.05, 4.69) is 15.9 Å². The lowest BCUT2D eigenvalue weighted by Crippen LogP contribution is -2.47. The van der Waals surface area contributed by atoms with Crippen LogP contribution in [-0.2, 0) is 4.79 Å². The average molecular weight is 300 g/mol. The molecule has 4 atom stereocenters. The number of halogens is 1. The molecule has 1 amide bonds. The lowest BCUT2D eigenvalue weighted by atomic mass is 10.1. The molecule has 0 saturated heterocycles.